The molecule has 3 aromatic rings. The van der Waals surface area contributed by atoms with E-state index in [1.54, 1.807) is 0 Å². The molecule has 3 aromatic carbocycles. The van der Waals surface area contributed by atoms with Crippen molar-refractivity contribution in [2.24, 2.45) is 0 Å². The molecule has 1 saturated carbocycles. The van der Waals surface area contributed by atoms with Gasteiger partial charge in [-0.1, -0.05) is 24.3 Å². The van der Waals surface area contributed by atoms with E-state index in [1.807, 2.05) is 46.8 Å². The molecule has 1 unspecified atom stereocenters. The van der Waals surface area contributed by atoms with Crippen LogP contribution in [0.4, 0.5) is 10.5 Å². The molecule has 1 atom stereocenters. The van der Waals surface area contributed by atoms with E-state index in [2.05, 4.69) is 48.7 Å². The molecule has 0 bridgehead atoms. The normalized spacial score (nSPS) is 15.4. The number of fused-ring (bicyclic) bond motifs is 1. The zero-order valence-corrected chi connectivity index (χ0v) is 25.7. The minimum atomic E-state index is -1.26. The van der Waals surface area contributed by atoms with Crippen LogP contribution in [0.2, 0.25) is 0 Å². The summed E-state index contributed by atoms with van der Waals surface area (Å²) in [5.41, 5.74) is 8.89. The lowest BCUT2D eigenvalue weighted by molar-refractivity contribution is -0.160. The van der Waals surface area contributed by atoms with Crippen LogP contribution in [0.1, 0.15) is 79.5 Å². The van der Waals surface area contributed by atoms with Crippen LogP contribution >= 0.6 is 0 Å². The summed E-state index contributed by atoms with van der Waals surface area (Å²) in [7, 11) is 0. The molecule has 0 spiro atoms. The van der Waals surface area contributed by atoms with Gasteiger partial charge in [0.2, 0.25) is 0 Å². The number of urea groups is 1. The van der Waals surface area contributed by atoms with Crippen LogP contribution in [0, 0.1) is 27.7 Å². The van der Waals surface area contributed by atoms with E-state index in [0.29, 0.717) is 23.4 Å². The molecule has 1 aliphatic heterocycles. The highest BCUT2D eigenvalue weighted by molar-refractivity contribution is 6.01. The average molecular weight is 571 g/mol. The van der Waals surface area contributed by atoms with Crippen LogP contribution in [-0.4, -0.2) is 35.4 Å². The number of rotatable bonds is 7. The summed E-state index contributed by atoms with van der Waals surface area (Å²) in [4.78, 5) is 26.1. The zero-order chi connectivity index (χ0) is 30.3. The van der Waals surface area contributed by atoms with Crippen LogP contribution < -0.4 is 15.4 Å². The molecule has 3 N–H and O–H groups in total. The minimum Gasteiger partial charge on any atom is -0.493 e. The predicted molar refractivity (Wildman–Crippen MR) is 166 cm³/mol. The van der Waals surface area contributed by atoms with E-state index in [1.165, 1.54) is 5.56 Å². The average Bonchev–Trinajstić information content (AvgIpc) is 3.74. The van der Waals surface area contributed by atoms with Gasteiger partial charge in [-0.25, -0.2) is 9.59 Å². The molecule has 1 aliphatic carbocycles. The molecule has 222 valence electrons. The molecule has 1 heterocycles. The number of carbonyl (C=O) groups excluding carboxylic acids is 1. The molecule has 0 radical (unpaired) electrons. The third kappa shape index (κ3) is 6.16. The molecular formula is C35H42N2O5. The number of carboxylic acids is 1. The number of aryl methyl sites for hydroxylation is 3. The number of carboxylic acid groups (broad SMARTS) is 1. The number of ether oxygens (including phenoxy) is 2. The first-order valence-corrected chi connectivity index (χ1v) is 14.8. The Hall–Kier alpha value is -3.84. The standard InChI is InChI=1S/C35H42N2O5/c1-19-10-11-24(17-20(19)2)29-21(3)28(25-12-15-27-23(18-25)9-8-16-41-27)30(32(33(38)39)42-35(5,6)7)22(4)31(29)37-34(40)36-26-13-14-26/h10-12,15,17-18,26,32H,8-9,13-14,16H2,1-7H3,(H,38,39)(H2,36,37,40). The van der Waals surface area contributed by atoms with E-state index in [0.717, 1.165) is 70.4 Å². The van der Waals surface area contributed by atoms with Gasteiger partial charge in [-0.2, -0.15) is 0 Å². The zero-order valence-electron chi connectivity index (χ0n) is 25.7. The topological polar surface area (TPSA) is 96.9 Å². The molecule has 42 heavy (non-hydrogen) atoms. The Morgan fingerprint density at radius 1 is 0.952 bits per heavy atom. The molecule has 7 nitrogen and oxygen atoms in total. The SMILES string of the molecule is Cc1ccc(-c2c(C)c(-c3ccc4c(c3)CCCO4)c(C(OC(C)(C)C)C(=O)O)c(C)c2NC(=O)NC2CC2)cc1C. The molecule has 2 amide bonds. The maximum absolute atomic E-state index is 13.2. The lowest BCUT2D eigenvalue weighted by Gasteiger charge is -2.31. The van der Waals surface area contributed by atoms with Gasteiger partial charge < -0.3 is 25.2 Å². The van der Waals surface area contributed by atoms with Crippen molar-refractivity contribution in [1.82, 2.24) is 5.32 Å². The highest BCUT2D eigenvalue weighted by atomic mass is 16.5. The number of amides is 2. The van der Waals surface area contributed by atoms with E-state index < -0.39 is 17.7 Å². The Kier molecular flexibility index (Phi) is 8.08. The van der Waals surface area contributed by atoms with Gasteiger partial charge in [0.25, 0.3) is 0 Å². The molecular weight excluding hydrogens is 528 g/mol. The number of anilines is 1. The number of hydrogen-bond acceptors (Lipinski definition) is 4. The molecule has 5 rings (SSSR count). The molecule has 1 fully saturated rings. The second-order valence-electron chi connectivity index (χ2n) is 12.7. The number of benzene rings is 3. The lowest BCUT2D eigenvalue weighted by atomic mass is 9.81. The van der Waals surface area contributed by atoms with Crippen LogP contribution in [-0.2, 0) is 16.0 Å². The number of hydrogen-bond donors (Lipinski definition) is 3. The Labute approximate surface area is 248 Å². The van der Waals surface area contributed by atoms with Crippen molar-refractivity contribution in [1.29, 1.82) is 0 Å². The van der Waals surface area contributed by atoms with Crippen LogP contribution in [0.25, 0.3) is 22.3 Å². The fraction of sp³-hybridized carbons (Fsp3) is 0.429. The Bertz CT molecular complexity index is 1550. The van der Waals surface area contributed by atoms with Crippen molar-refractivity contribution < 1.29 is 24.2 Å². The lowest BCUT2D eigenvalue weighted by Crippen LogP contribution is -2.32. The van der Waals surface area contributed by atoms with Gasteiger partial charge in [-0.3, -0.25) is 0 Å². The highest BCUT2D eigenvalue weighted by Gasteiger charge is 2.35. The molecule has 0 aromatic heterocycles. The molecule has 7 heteroatoms. The van der Waals surface area contributed by atoms with Gasteiger partial charge in [0, 0.05) is 17.2 Å². The van der Waals surface area contributed by atoms with E-state index >= 15 is 0 Å². The van der Waals surface area contributed by atoms with Crippen molar-refractivity contribution >= 4 is 17.7 Å². The smallest absolute Gasteiger partial charge is 0.337 e. The summed E-state index contributed by atoms with van der Waals surface area (Å²) in [6.45, 7) is 14.3. The largest absolute Gasteiger partial charge is 0.493 e. The van der Waals surface area contributed by atoms with Gasteiger partial charge in [0.05, 0.1) is 17.9 Å². The van der Waals surface area contributed by atoms with Crippen molar-refractivity contribution in [3.8, 4) is 28.0 Å². The number of carbonyl (C=O) groups is 2. The van der Waals surface area contributed by atoms with Crippen LogP contribution in [0.3, 0.4) is 0 Å². The number of aliphatic carboxylic acids is 1. The first-order chi connectivity index (χ1) is 19.8. The summed E-state index contributed by atoms with van der Waals surface area (Å²) >= 11 is 0. The fourth-order valence-electron chi connectivity index (χ4n) is 5.80. The van der Waals surface area contributed by atoms with E-state index in [9.17, 15) is 14.7 Å². The first-order valence-electron chi connectivity index (χ1n) is 14.8. The predicted octanol–water partition coefficient (Wildman–Crippen LogP) is 7.80. The summed E-state index contributed by atoms with van der Waals surface area (Å²) in [6.07, 6.45) is 2.48. The van der Waals surface area contributed by atoms with Gasteiger partial charge in [-0.15, -0.1) is 0 Å². The highest BCUT2D eigenvalue weighted by Crippen LogP contribution is 2.47. The Morgan fingerprint density at radius 2 is 1.64 bits per heavy atom. The first kappa shape index (κ1) is 29.6. The quantitative estimate of drug-likeness (QED) is 0.269. The van der Waals surface area contributed by atoms with Crippen molar-refractivity contribution in [3.63, 3.8) is 0 Å². The number of nitrogens with one attached hydrogen (secondary N) is 2. The second kappa shape index (κ2) is 11.4. The summed E-state index contributed by atoms with van der Waals surface area (Å²) in [5.74, 6) is -0.214. The van der Waals surface area contributed by atoms with Crippen LogP contribution in [0.15, 0.2) is 36.4 Å². The maximum Gasteiger partial charge on any atom is 0.337 e. The maximum atomic E-state index is 13.2. The monoisotopic (exact) mass is 570 g/mol. The molecule has 2 aliphatic rings. The van der Waals surface area contributed by atoms with Crippen molar-refractivity contribution in [2.75, 3.05) is 11.9 Å². The fourth-order valence-corrected chi connectivity index (χ4v) is 5.80. The second-order valence-corrected chi connectivity index (χ2v) is 12.7. The molecule has 0 saturated heterocycles. The Morgan fingerprint density at radius 3 is 2.29 bits per heavy atom. The van der Waals surface area contributed by atoms with E-state index in [-0.39, 0.29) is 12.1 Å². The third-order valence-corrected chi connectivity index (χ3v) is 8.15. The van der Waals surface area contributed by atoms with Crippen LogP contribution in [0.5, 0.6) is 5.75 Å². The van der Waals surface area contributed by atoms with E-state index in [4.69, 9.17) is 9.47 Å². The van der Waals surface area contributed by atoms with Gasteiger partial charge in [-0.05, 0) is 131 Å². The Balaban J connectivity index is 1.83. The van der Waals surface area contributed by atoms with Gasteiger partial charge in [0.15, 0.2) is 6.10 Å². The summed E-state index contributed by atoms with van der Waals surface area (Å²) < 4.78 is 12.2. The van der Waals surface area contributed by atoms with Gasteiger partial charge >= 0.3 is 12.0 Å². The van der Waals surface area contributed by atoms with Gasteiger partial charge in [0.1, 0.15) is 5.75 Å². The third-order valence-electron chi connectivity index (χ3n) is 8.15. The summed E-state index contributed by atoms with van der Waals surface area (Å²) in [5, 5.41) is 16.7. The summed E-state index contributed by atoms with van der Waals surface area (Å²) in [6, 6.07) is 12.3. The minimum absolute atomic E-state index is 0.170. The van der Waals surface area contributed by atoms with Crippen molar-refractivity contribution in [2.45, 2.75) is 91.9 Å². The van der Waals surface area contributed by atoms with Crippen molar-refractivity contribution in [3.05, 3.63) is 69.8 Å².